The van der Waals surface area contributed by atoms with Crippen LogP contribution in [0.4, 0.5) is 4.39 Å². The van der Waals surface area contributed by atoms with Crippen molar-refractivity contribution in [3.63, 3.8) is 0 Å². The highest BCUT2D eigenvalue weighted by molar-refractivity contribution is 7.91. The maximum atomic E-state index is 12.6. The van der Waals surface area contributed by atoms with Gasteiger partial charge in [0.05, 0.1) is 16.4 Å². The van der Waals surface area contributed by atoms with Crippen molar-refractivity contribution >= 4 is 54.6 Å². The van der Waals surface area contributed by atoms with Crippen LogP contribution < -0.4 is 19.9 Å². The van der Waals surface area contributed by atoms with Crippen molar-refractivity contribution in [1.29, 1.82) is 0 Å². The highest BCUT2D eigenvalue weighted by atomic mass is 32.2. The van der Waals surface area contributed by atoms with Crippen LogP contribution in [-0.4, -0.2) is 75.0 Å². The van der Waals surface area contributed by atoms with Crippen LogP contribution >= 0.6 is 11.3 Å². The highest BCUT2D eigenvalue weighted by Crippen LogP contribution is 2.28. The minimum absolute atomic E-state index is 0.0160. The summed E-state index contributed by atoms with van der Waals surface area (Å²) >= 11 is -0.737. The fourth-order valence-electron chi connectivity index (χ4n) is 3.61. The summed E-state index contributed by atoms with van der Waals surface area (Å²) in [5.41, 5.74) is 1.43. The minimum atomic E-state index is -3.92. The Hall–Kier alpha value is -3.84. The van der Waals surface area contributed by atoms with Gasteiger partial charge >= 0.3 is 5.97 Å². The average Bonchev–Trinajstić information content (AvgIpc) is 3.57. The first-order chi connectivity index (χ1) is 20.0. The van der Waals surface area contributed by atoms with Crippen molar-refractivity contribution in [3.8, 4) is 11.5 Å². The van der Waals surface area contributed by atoms with E-state index in [1.54, 1.807) is 42.5 Å². The van der Waals surface area contributed by atoms with E-state index in [4.69, 9.17) is 14.6 Å². The van der Waals surface area contributed by atoms with Crippen LogP contribution in [0, 0.1) is 0 Å². The number of aromatic nitrogens is 4. The third kappa shape index (κ3) is 8.83. The second-order valence-electron chi connectivity index (χ2n) is 8.74. The number of nitrogens with zero attached hydrogens (tertiary/aromatic N) is 4. The second kappa shape index (κ2) is 13.9. The molecule has 0 saturated carbocycles. The first kappa shape index (κ1) is 31.1. The van der Waals surface area contributed by atoms with Crippen molar-refractivity contribution in [2.45, 2.75) is 29.3 Å². The van der Waals surface area contributed by atoms with Crippen molar-refractivity contribution in [2.75, 3.05) is 19.0 Å². The molecule has 2 aromatic carbocycles. The van der Waals surface area contributed by atoms with Gasteiger partial charge in [0, 0.05) is 5.56 Å². The summed E-state index contributed by atoms with van der Waals surface area (Å²) in [6.45, 7) is -1.14. The number of primary sulfonamides is 1. The van der Waals surface area contributed by atoms with Crippen LogP contribution in [0.3, 0.4) is 0 Å². The van der Waals surface area contributed by atoms with E-state index in [0.29, 0.717) is 33.0 Å². The Morgan fingerprint density at radius 1 is 1.21 bits per heavy atom. The maximum absolute atomic E-state index is 12.6. The number of carboxylic acid groups (broad SMARTS) is 1. The standard InChI is InChI=1S/C24H25FN6O8S3/c25-6-7-38-17-3-1-2-15(8-17)13-41(35)14-20(23(33)34)27-22(32)11-31-10-16(29-30-31)12-39-18-4-5-19-21(9-18)40-24(28-19)42(26,36)37/h1-5,8-10,20H,6-7,11-14H2,(H,27,32)(H,33,34)(H2,26,36,37)/t20-,41?/m0/s1. The number of carboxylic acids is 1. The third-order valence-electron chi connectivity index (χ3n) is 5.42. The molecule has 0 radical (unpaired) electrons. The second-order valence-corrected chi connectivity index (χ2v) is 13.0. The number of nitrogens with one attached hydrogen (secondary N) is 1. The molecule has 0 aliphatic heterocycles. The summed E-state index contributed by atoms with van der Waals surface area (Å²) in [6, 6.07) is 9.93. The molecule has 42 heavy (non-hydrogen) atoms. The zero-order valence-electron chi connectivity index (χ0n) is 21.7. The van der Waals surface area contributed by atoms with Gasteiger partial charge in [-0.15, -0.1) is 16.4 Å². The molecule has 224 valence electrons. The topological polar surface area (TPSA) is 212 Å². The number of thiazole rings is 1. The normalized spacial score (nSPS) is 13.0. The molecule has 0 spiro atoms. The van der Waals surface area contributed by atoms with Crippen LogP contribution in [0.25, 0.3) is 10.2 Å². The van der Waals surface area contributed by atoms with E-state index in [9.17, 15) is 32.1 Å². The Kier molecular flexibility index (Phi) is 10.3. The molecular formula is C24H25FN6O8S3. The monoisotopic (exact) mass is 640 g/mol. The van der Waals surface area contributed by atoms with E-state index >= 15 is 0 Å². The van der Waals surface area contributed by atoms with Crippen molar-refractivity contribution in [3.05, 3.63) is 59.9 Å². The first-order valence-electron chi connectivity index (χ1n) is 12.1. The Bertz CT molecular complexity index is 1660. The number of halogens is 1. The van der Waals surface area contributed by atoms with Crippen LogP contribution in [0.2, 0.25) is 0 Å². The molecule has 4 aromatic rings. The van der Waals surface area contributed by atoms with Gasteiger partial charge in [0.15, 0.2) is 6.04 Å². The molecule has 0 fully saturated rings. The zero-order valence-corrected chi connectivity index (χ0v) is 24.2. The Morgan fingerprint density at radius 3 is 2.74 bits per heavy atom. The zero-order chi connectivity index (χ0) is 30.3. The Labute approximate surface area is 245 Å². The van der Waals surface area contributed by atoms with E-state index in [1.165, 1.54) is 10.9 Å². The number of hydrogen-bond donors (Lipinski definition) is 3. The lowest BCUT2D eigenvalue weighted by Gasteiger charge is -2.18. The molecule has 1 amide bonds. The van der Waals surface area contributed by atoms with Crippen molar-refractivity contribution in [1.82, 2.24) is 25.3 Å². The van der Waals surface area contributed by atoms with Crippen LogP contribution in [0.5, 0.6) is 11.5 Å². The minimum Gasteiger partial charge on any atom is -0.616 e. The molecule has 0 bridgehead atoms. The van der Waals surface area contributed by atoms with E-state index in [-0.39, 0.29) is 35.6 Å². The van der Waals surface area contributed by atoms with Crippen LogP contribution in [0.1, 0.15) is 11.3 Å². The molecule has 2 atom stereocenters. The highest BCUT2D eigenvalue weighted by Gasteiger charge is 2.26. The average molecular weight is 641 g/mol. The summed E-state index contributed by atoms with van der Waals surface area (Å²) < 4.78 is 60.4. The third-order valence-corrected chi connectivity index (χ3v) is 9.12. The molecule has 1 unspecified atom stereocenters. The SMILES string of the molecule is NS(=O)(=O)c1nc2ccc(OCc3cn(CC(=O)N[C@@H](C[S+]([O-])Cc4cccc(OCCF)c4)C(=O)O)nn3)cc2s1. The molecule has 18 heteroatoms. The number of aliphatic carboxylic acids is 1. The first-order valence-corrected chi connectivity index (χ1v) is 16.0. The van der Waals surface area contributed by atoms with E-state index in [1.807, 2.05) is 0 Å². The van der Waals surface area contributed by atoms with Gasteiger partial charge in [-0.3, -0.25) is 4.79 Å². The predicted molar refractivity (Wildman–Crippen MR) is 150 cm³/mol. The summed E-state index contributed by atoms with van der Waals surface area (Å²) in [7, 11) is -3.92. The summed E-state index contributed by atoms with van der Waals surface area (Å²) in [5, 5.41) is 24.8. The van der Waals surface area contributed by atoms with Crippen LogP contribution in [-0.2, 0) is 49.7 Å². The molecule has 4 N–H and O–H groups in total. The summed E-state index contributed by atoms with van der Waals surface area (Å²) in [5.74, 6) is -1.53. The molecule has 0 aliphatic rings. The molecule has 0 saturated heterocycles. The van der Waals surface area contributed by atoms with Gasteiger partial charge in [0.2, 0.25) is 10.2 Å². The number of carbonyl (C=O) groups excluding carboxylic acids is 1. The lowest BCUT2D eigenvalue weighted by atomic mass is 10.2. The lowest BCUT2D eigenvalue weighted by Crippen LogP contribution is -2.46. The summed E-state index contributed by atoms with van der Waals surface area (Å²) in [4.78, 5) is 28.2. The molecule has 4 rings (SSSR count). The Balaban J connectivity index is 1.28. The van der Waals surface area contributed by atoms with Gasteiger partial charge in [0.25, 0.3) is 10.0 Å². The molecular weight excluding hydrogens is 615 g/mol. The number of nitrogens with two attached hydrogens (primary N) is 1. The van der Waals surface area contributed by atoms with Crippen molar-refractivity contribution in [2.24, 2.45) is 5.14 Å². The number of carbonyl (C=O) groups is 2. The molecule has 0 aliphatic carbocycles. The van der Waals surface area contributed by atoms with Gasteiger partial charge in [0.1, 0.15) is 55.1 Å². The number of rotatable bonds is 15. The van der Waals surface area contributed by atoms with E-state index in [2.05, 4.69) is 20.6 Å². The van der Waals surface area contributed by atoms with Gasteiger partial charge in [-0.25, -0.2) is 32.4 Å². The number of alkyl halides is 1. The van der Waals surface area contributed by atoms with Gasteiger partial charge < -0.3 is 24.4 Å². The van der Waals surface area contributed by atoms with Gasteiger partial charge in [-0.05, 0) is 41.5 Å². The smallest absolute Gasteiger partial charge is 0.331 e. The molecule has 2 aromatic heterocycles. The number of sulfonamides is 1. The molecule has 14 nitrogen and oxygen atoms in total. The van der Waals surface area contributed by atoms with E-state index < -0.39 is 45.8 Å². The molecule has 2 heterocycles. The summed E-state index contributed by atoms with van der Waals surface area (Å²) in [6.07, 6.45) is 1.44. The number of ether oxygens (including phenoxy) is 2. The number of hydrogen-bond acceptors (Lipinski definition) is 11. The van der Waals surface area contributed by atoms with Crippen LogP contribution in [0.15, 0.2) is 53.0 Å². The largest absolute Gasteiger partial charge is 0.616 e. The fraction of sp³-hybridized carbons (Fsp3) is 0.292. The fourth-order valence-corrected chi connectivity index (χ4v) is 6.56. The quantitative estimate of drug-likeness (QED) is 0.156. The number of amides is 1. The van der Waals surface area contributed by atoms with Gasteiger partial charge in [-0.2, -0.15) is 0 Å². The van der Waals surface area contributed by atoms with Gasteiger partial charge in [-0.1, -0.05) is 17.3 Å². The van der Waals surface area contributed by atoms with E-state index in [0.717, 1.165) is 11.3 Å². The number of fused-ring (bicyclic) bond motifs is 1. The predicted octanol–water partition coefficient (Wildman–Crippen LogP) is 0.981. The van der Waals surface area contributed by atoms with Crippen molar-refractivity contribution < 1.29 is 41.5 Å². The maximum Gasteiger partial charge on any atom is 0.331 e. The number of benzene rings is 2. The Morgan fingerprint density at radius 2 is 2.00 bits per heavy atom. The lowest BCUT2D eigenvalue weighted by molar-refractivity contribution is -0.141.